The van der Waals surface area contributed by atoms with E-state index in [1.54, 1.807) is 18.2 Å². The number of nitrogens with zero attached hydrogens (tertiary/aromatic N) is 1. The van der Waals surface area contributed by atoms with Crippen LogP contribution in [0.3, 0.4) is 0 Å². The Kier molecular flexibility index (Phi) is 6.28. The number of aryl methyl sites for hydroxylation is 1. The van der Waals surface area contributed by atoms with Gasteiger partial charge >= 0.3 is 0 Å². The van der Waals surface area contributed by atoms with Gasteiger partial charge < -0.3 is 10.1 Å². The number of rotatable bonds is 7. The summed E-state index contributed by atoms with van der Waals surface area (Å²) >= 11 is 0. The van der Waals surface area contributed by atoms with Crippen molar-refractivity contribution in [1.82, 2.24) is 5.32 Å². The van der Waals surface area contributed by atoms with Gasteiger partial charge in [-0.3, -0.25) is 14.9 Å². The number of carbonyl (C=O) groups excluding carboxylic acids is 1. The molecule has 0 saturated carbocycles. The first-order valence-electron chi connectivity index (χ1n) is 7.87. The van der Waals surface area contributed by atoms with Crippen molar-refractivity contribution in [3.8, 4) is 5.75 Å². The average molecular weight is 340 g/mol. The molecule has 0 bridgehead atoms. The minimum atomic E-state index is -0.462. The van der Waals surface area contributed by atoms with E-state index in [4.69, 9.17) is 4.74 Å². The SMILES string of the molecule is Cc1cccc(OCCNC(=O)/C=C/c2ccc([N+](=O)[O-])cc2)c1C. The molecule has 2 rings (SSSR count). The number of carbonyl (C=O) groups is 1. The van der Waals surface area contributed by atoms with Crippen LogP contribution in [0.4, 0.5) is 5.69 Å². The van der Waals surface area contributed by atoms with E-state index < -0.39 is 4.92 Å². The summed E-state index contributed by atoms with van der Waals surface area (Å²) in [6.45, 7) is 4.78. The number of amides is 1. The monoisotopic (exact) mass is 340 g/mol. The van der Waals surface area contributed by atoms with Crippen LogP contribution in [0.15, 0.2) is 48.5 Å². The Labute approximate surface area is 146 Å². The van der Waals surface area contributed by atoms with Gasteiger partial charge in [0.1, 0.15) is 12.4 Å². The quantitative estimate of drug-likeness (QED) is 0.362. The number of hydrogen-bond donors (Lipinski definition) is 1. The van der Waals surface area contributed by atoms with Gasteiger partial charge in [-0.15, -0.1) is 0 Å². The summed E-state index contributed by atoms with van der Waals surface area (Å²) in [5.41, 5.74) is 2.98. The van der Waals surface area contributed by atoms with Crippen LogP contribution in [0, 0.1) is 24.0 Å². The molecule has 0 atom stereocenters. The molecule has 0 heterocycles. The highest BCUT2D eigenvalue weighted by atomic mass is 16.6. The third-order valence-corrected chi connectivity index (χ3v) is 3.74. The molecule has 0 aliphatic carbocycles. The average Bonchev–Trinajstić information content (AvgIpc) is 2.60. The molecule has 0 aliphatic rings. The lowest BCUT2D eigenvalue weighted by Crippen LogP contribution is -2.26. The smallest absolute Gasteiger partial charge is 0.269 e. The summed E-state index contributed by atoms with van der Waals surface area (Å²) in [7, 11) is 0. The van der Waals surface area contributed by atoms with E-state index in [9.17, 15) is 14.9 Å². The second kappa shape index (κ2) is 8.63. The van der Waals surface area contributed by atoms with Crippen LogP contribution >= 0.6 is 0 Å². The third-order valence-electron chi connectivity index (χ3n) is 3.74. The lowest BCUT2D eigenvalue weighted by atomic mass is 10.1. The molecule has 2 aromatic carbocycles. The number of non-ortho nitro benzene ring substituents is 1. The zero-order valence-electron chi connectivity index (χ0n) is 14.2. The fraction of sp³-hybridized carbons (Fsp3) is 0.211. The zero-order chi connectivity index (χ0) is 18.2. The number of hydrogen-bond acceptors (Lipinski definition) is 4. The van der Waals surface area contributed by atoms with Crippen LogP contribution < -0.4 is 10.1 Å². The Morgan fingerprint density at radius 3 is 2.60 bits per heavy atom. The maximum absolute atomic E-state index is 11.8. The molecule has 0 saturated heterocycles. The first-order valence-corrected chi connectivity index (χ1v) is 7.87. The highest BCUT2D eigenvalue weighted by Crippen LogP contribution is 2.20. The maximum Gasteiger partial charge on any atom is 0.269 e. The van der Waals surface area contributed by atoms with Crippen LogP contribution in [-0.4, -0.2) is 24.0 Å². The molecule has 0 aliphatic heterocycles. The predicted octanol–water partition coefficient (Wildman–Crippen LogP) is 3.42. The van der Waals surface area contributed by atoms with Crippen molar-refractivity contribution in [1.29, 1.82) is 0 Å². The van der Waals surface area contributed by atoms with Crippen LogP contribution in [-0.2, 0) is 4.79 Å². The van der Waals surface area contributed by atoms with Gasteiger partial charge in [0.25, 0.3) is 5.69 Å². The minimum Gasteiger partial charge on any atom is -0.491 e. The summed E-state index contributed by atoms with van der Waals surface area (Å²) in [5.74, 6) is 0.568. The molecule has 0 radical (unpaired) electrons. The van der Waals surface area contributed by atoms with E-state index in [1.807, 2.05) is 32.0 Å². The zero-order valence-corrected chi connectivity index (χ0v) is 14.2. The van der Waals surface area contributed by atoms with Gasteiger partial charge in [0.15, 0.2) is 0 Å². The molecule has 0 spiro atoms. The summed E-state index contributed by atoms with van der Waals surface area (Å²) in [5, 5.41) is 13.3. The van der Waals surface area contributed by atoms with E-state index in [1.165, 1.54) is 18.2 Å². The lowest BCUT2D eigenvalue weighted by Gasteiger charge is -2.10. The Balaban J connectivity index is 1.76. The fourth-order valence-electron chi connectivity index (χ4n) is 2.15. The van der Waals surface area contributed by atoms with Gasteiger partial charge in [0, 0.05) is 18.2 Å². The van der Waals surface area contributed by atoms with Crippen molar-refractivity contribution in [2.24, 2.45) is 0 Å². The van der Waals surface area contributed by atoms with Crippen molar-refractivity contribution in [3.63, 3.8) is 0 Å². The molecule has 2 aromatic rings. The molecule has 1 N–H and O–H groups in total. The maximum atomic E-state index is 11.8. The number of nitro benzene ring substituents is 1. The summed E-state index contributed by atoms with van der Waals surface area (Å²) in [6, 6.07) is 11.8. The number of nitrogens with one attached hydrogen (secondary N) is 1. The second-order valence-corrected chi connectivity index (χ2v) is 5.52. The predicted molar refractivity (Wildman–Crippen MR) is 96.6 cm³/mol. The first kappa shape index (κ1) is 18.2. The van der Waals surface area contributed by atoms with Crippen LogP contribution in [0.1, 0.15) is 16.7 Å². The molecule has 6 heteroatoms. The van der Waals surface area contributed by atoms with Gasteiger partial charge in [0.2, 0.25) is 5.91 Å². The molecule has 1 amide bonds. The molecule has 0 unspecified atom stereocenters. The van der Waals surface area contributed by atoms with Crippen LogP contribution in [0.2, 0.25) is 0 Å². The van der Waals surface area contributed by atoms with Crippen LogP contribution in [0.25, 0.3) is 6.08 Å². The van der Waals surface area contributed by atoms with Crippen molar-refractivity contribution < 1.29 is 14.5 Å². The van der Waals surface area contributed by atoms with E-state index in [0.29, 0.717) is 18.7 Å². The summed E-state index contributed by atoms with van der Waals surface area (Å²) in [6.07, 6.45) is 2.99. The van der Waals surface area contributed by atoms with E-state index >= 15 is 0 Å². The largest absolute Gasteiger partial charge is 0.491 e. The van der Waals surface area contributed by atoms with Crippen molar-refractivity contribution in [2.45, 2.75) is 13.8 Å². The van der Waals surface area contributed by atoms with Crippen LogP contribution in [0.5, 0.6) is 5.75 Å². The summed E-state index contributed by atoms with van der Waals surface area (Å²) in [4.78, 5) is 21.9. The Morgan fingerprint density at radius 1 is 1.20 bits per heavy atom. The van der Waals surface area contributed by atoms with Gasteiger partial charge in [-0.2, -0.15) is 0 Å². The van der Waals surface area contributed by atoms with Gasteiger partial charge in [-0.05, 0) is 54.8 Å². The molecule has 130 valence electrons. The molecule has 6 nitrogen and oxygen atoms in total. The number of nitro groups is 1. The molecule has 0 fully saturated rings. The first-order chi connectivity index (χ1) is 12.0. The highest BCUT2D eigenvalue weighted by molar-refractivity contribution is 5.91. The van der Waals surface area contributed by atoms with E-state index in [2.05, 4.69) is 5.32 Å². The molecule has 0 aromatic heterocycles. The third kappa shape index (κ3) is 5.46. The molecule has 25 heavy (non-hydrogen) atoms. The molecular weight excluding hydrogens is 320 g/mol. The Bertz CT molecular complexity index is 783. The number of ether oxygens (including phenoxy) is 1. The second-order valence-electron chi connectivity index (χ2n) is 5.52. The van der Waals surface area contributed by atoms with Crippen molar-refractivity contribution >= 4 is 17.7 Å². The van der Waals surface area contributed by atoms with Crippen molar-refractivity contribution in [2.75, 3.05) is 13.2 Å². The highest BCUT2D eigenvalue weighted by Gasteiger charge is 2.03. The fourth-order valence-corrected chi connectivity index (χ4v) is 2.15. The topological polar surface area (TPSA) is 81.5 Å². The Morgan fingerprint density at radius 2 is 1.92 bits per heavy atom. The summed E-state index contributed by atoms with van der Waals surface area (Å²) < 4.78 is 5.66. The van der Waals surface area contributed by atoms with Crippen molar-refractivity contribution in [3.05, 3.63) is 75.3 Å². The lowest BCUT2D eigenvalue weighted by molar-refractivity contribution is -0.384. The minimum absolute atomic E-state index is 0.0187. The molecular formula is C19H20N2O4. The standard InChI is InChI=1S/C19H20N2O4/c1-14-4-3-5-18(15(14)2)25-13-12-20-19(22)11-8-16-6-9-17(10-7-16)21(23)24/h3-11H,12-13H2,1-2H3,(H,20,22)/b11-8+. The van der Waals surface area contributed by atoms with E-state index in [0.717, 1.165) is 16.9 Å². The Hall–Kier alpha value is -3.15. The van der Waals surface area contributed by atoms with E-state index in [-0.39, 0.29) is 11.6 Å². The normalized spacial score (nSPS) is 10.6. The van der Waals surface area contributed by atoms with Gasteiger partial charge in [0.05, 0.1) is 11.5 Å². The van der Waals surface area contributed by atoms with Gasteiger partial charge in [-0.25, -0.2) is 0 Å². The number of benzene rings is 2. The van der Waals surface area contributed by atoms with Gasteiger partial charge in [-0.1, -0.05) is 12.1 Å².